The van der Waals surface area contributed by atoms with E-state index < -0.39 is 23.4 Å². The van der Waals surface area contributed by atoms with Crippen LogP contribution in [0.1, 0.15) is 10.4 Å². The molecule has 1 aromatic carbocycles. The van der Waals surface area contributed by atoms with Crippen molar-refractivity contribution in [3.8, 4) is 0 Å². The molecular weight excluding hydrogens is 337 g/mol. The second kappa shape index (κ2) is 6.80. The third kappa shape index (κ3) is 3.70. The zero-order valence-electron chi connectivity index (χ0n) is 12.9. The van der Waals surface area contributed by atoms with Crippen molar-refractivity contribution in [1.82, 2.24) is 10.3 Å². The molecule has 0 spiro atoms. The van der Waals surface area contributed by atoms with Crippen LogP contribution in [0.15, 0.2) is 30.5 Å². The Bertz CT molecular complexity index is 804. The van der Waals surface area contributed by atoms with Crippen LogP contribution in [-0.2, 0) is 4.79 Å². The summed E-state index contributed by atoms with van der Waals surface area (Å²) in [5, 5.41) is 5.11. The van der Waals surface area contributed by atoms with Gasteiger partial charge in [-0.2, -0.15) is 0 Å². The zero-order chi connectivity index (χ0) is 18.0. The molecule has 0 atom stereocenters. The van der Waals surface area contributed by atoms with Crippen molar-refractivity contribution in [2.24, 2.45) is 0 Å². The number of nitrogens with one attached hydrogen (secondary N) is 2. The van der Waals surface area contributed by atoms with Gasteiger partial charge in [0.2, 0.25) is 5.91 Å². The number of carbonyl (C=O) groups excluding carboxylic acids is 2. The number of hydrogen-bond acceptors (Lipinski definition) is 4. The Kier molecular flexibility index (Phi) is 4.55. The van der Waals surface area contributed by atoms with Crippen molar-refractivity contribution in [1.29, 1.82) is 0 Å². The number of amides is 2. The van der Waals surface area contributed by atoms with Crippen molar-refractivity contribution in [3.63, 3.8) is 0 Å². The minimum Gasteiger partial charge on any atom is -0.353 e. The number of carbonyl (C=O) groups is 2. The van der Waals surface area contributed by atoms with E-state index in [0.717, 1.165) is 0 Å². The third-order valence-electron chi connectivity index (χ3n) is 3.61. The molecule has 1 fully saturated rings. The van der Waals surface area contributed by atoms with Crippen LogP contribution in [0.3, 0.4) is 0 Å². The molecule has 1 aromatic heterocycles. The number of piperazine rings is 1. The molecule has 25 heavy (non-hydrogen) atoms. The van der Waals surface area contributed by atoms with Gasteiger partial charge in [0.1, 0.15) is 5.82 Å². The molecule has 2 N–H and O–H groups in total. The first-order valence-electron chi connectivity index (χ1n) is 7.37. The molecule has 0 radical (unpaired) electrons. The van der Waals surface area contributed by atoms with Crippen LogP contribution in [0.5, 0.6) is 0 Å². The van der Waals surface area contributed by atoms with Gasteiger partial charge in [-0.05, 0) is 24.3 Å². The molecule has 2 amide bonds. The summed E-state index contributed by atoms with van der Waals surface area (Å²) in [5.41, 5.74) is -0.0615. The van der Waals surface area contributed by atoms with Crippen molar-refractivity contribution in [2.75, 3.05) is 29.9 Å². The standard InChI is InChI=1S/C16H13F3N4O2/c17-11-5-9(6-12(18)15(11)19)16(25)22-10-1-2-13(21-7-10)23-4-3-20-14(24)8-23/h1-2,5-7H,3-4,8H2,(H,20,24)(H,22,25). The summed E-state index contributed by atoms with van der Waals surface area (Å²) >= 11 is 0. The van der Waals surface area contributed by atoms with E-state index in [2.05, 4.69) is 15.6 Å². The number of aromatic nitrogens is 1. The number of benzene rings is 1. The monoisotopic (exact) mass is 350 g/mol. The van der Waals surface area contributed by atoms with Crippen LogP contribution in [0.2, 0.25) is 0 Å². The summed E-state index contributed by atoms with van der Waals surface area (Å²) in [5.74, 6) is -4.86. The van der Waals surface area contributed by atoms with Crippen molar-refractivity contribution in [3.05, 3.63) is 53.5 Å². The molecule has 0 saturated carbocycles. The molecule has 0 aliphatic carbocycles. The second-order valence-electron chi connectivity index (χ2n) is 5.38. The van der Waals surface area contributed by atoms with E-state index in [1.165, 1.54) is 6.20 Å². The van der Waals surface area contributed by atoms with Gasteiger partial charge in [0, 0.05) is 18.7 Å². The van der Waals surface area contributed by atoms with E-state index in [-0.39, 0.29) is 18.0 Å². The molecule has 1 aliphatic heterocycles. The Labute approximate surface area is 140 Å². The Hall–Kier alpha value is -3.10. The Morgan fingerprint density at radius 3 is 2.52 bits per heavy atom. The lowest BCUT2D eigenvalue weighted by Crippen LogP contribution is -2.48. The maximum absolute atomic E-state index is 13.2. The average Bonchev–Trinajstić information content (AvgIpc) is 2.60. The first-order chi connectivity index (χ1) is 11.9. The summed E-state index contributed by atoms with van der Waals surface area (Å²) in [6, 6.07) is 4.38. The number of nitrogens with zero attached hydrogens (tertiary/aromatic N) is 2. The number of halogens is 3. The van der Waals surface area contributed by atoms with Crippen molar-refractivity contribution in [2.45, 2.75) is 0 Å². The van der Waals surface area contributed by atoms with Gasteiger partial charge in [-0.15, -0.1) is 0 Å². The van der Waals surface area contributed by atoms with Crippen LogP contribution in [0.4, 0.5) is 24.7 Å². The first kappa shape index (κ1) is 16.7. The highest BCUT2D eigenvalue weighted by molar-refractivity contribution is 6.04. The van der Waals surface area contributed by atoms with Crippen LogP contribution in [0, 0.1) is 17.5 Å². The molecule has 0 unspecified atom stereocenters. The molecule has 1 saturated heterocycles. The van der Waals surface area contributed by atoms with Crippen molar-refractivity contribution < 1.29 is 22.8 Å². The molecule has 3 rings (SSSR count). The average molecular weight is 350 g/mol. The highest BCUT2D eigenvalue weighted by Gasteiger charge is 2.18. The fraction of sp³-hybridized carbons (Fsp3) is 0.188. The van der Waals surface area contributed by atoms with Crippen LogP contribution in [-0.4, -0.2) is 36.4 Å². The van der Waals surface area contributed by atoms with Gasteiger partial charge in [-0.1, -0.05) is 0 Å². The molecule has 9 heteroatoms. The highest BCUT2D eigenvalue weighted by Crippen LogP contribution is 2.17. The highest BCUT2D eigenvalue weighted by atomic mass is 19.2. The van der Waals surface area contributed by atoms with Crippen LogP contribution >= 0.6 is 0 Å². The van der Waals surface area contributed by atoms with Gasteiger partial charge in [-0.3, -0.25) is 9.59 Å². The van der Waals surface area contributed by atoms with Gasteiger partial charge in [0.15, 0.2) is 17.5 Å². The SMILES string of the molecule is O=C1CN(c2ccc(NC(=O)c3cc(F)c(F)c(F)c3)cn2)CCN1. The number of pyridine rings is 1. The number of rotatable bonds is 3. The Balaban J connectivity index is 1.71. The summed E-state index contributed by atoms with van der Waals surface area (Å²) in [6.07, 6.45) is 1.36. The fourth-order valence-electron chi connectivity index (χ4n) is 2.37. The lowest BCUT2D eigenvalue weighted by molar-refractivity contribution is -0.120. The Morgan fingerprint density at radius 1 is 1.20 bits per heavy atom. The lowest BCUT2D eigenvalue weighted by Gasteiger charge is -2.27. The predicted molar refractivity (Wildman–Crippen MR) is 83.7 cm³/mol. The maximum Gasteiger partial charge on any atom is 0.255 e. The normalized spacial score (nSPS) is 14.2. The van der Waals surface area contributed by atoms with E-state index in [0.29, 0.717) is 36.7 Å². The first-order valence-corrected chi connectivity index (χ1v) is 7.37. The zero-order valence-corrected chi connectivity index (χ0v) is 12.9. The third-order valence-corrected chi connectivity index (χ3v) is 3.61. The van der Waals surface area contributed by atoms with E-state index in [4.69, 9.17) is 0 Å². The molecule has 1 aliphatic rings. The summed E-state index contributed by atoms with van der Waals surface area (Å²) in [6.45, 7) is 1.31. The largest absolute Gasteiger partial charge is 0.353 e. The van der Waals surface area contributed by atoms with E-state index in [9.17, 15) is 22.8 Å². The Morgan fingerprint density at radius 2 is 1.92 bits per heavy atom. The number of anilines is 2. The number of hydrogen-bond donors (Lipinski definition) is 2. The summed E-state index contributed by atoms with van der Waals surface area (Å²) < 4.78 is 39.3. The minimum absolute atomic E-state index is 0.106. The molecule has 2 aromatic rings. The van der Waals surface area contributed by atoms with Gasteiger partial charge in [0.25, 0.3) is 5.91 Å². The summed E-state index contributed by atoms with van der Waals surface area (Å²) in [4.78, 5) is 29.3. The van der Waals surface area contributed by atoms with E-state index >= 15 is 0 Å². The molecular formula is C16H13F3N4O2. The lowest BCUT2D eigenvalue weighted by atomic mass is 10.2. The minimum atomic E-state index is -1.63. The van der Waals surface area contributed by atoms with Gasteiger partial charge < -0.3 is 15.5 Å². The maximum atomic E-state index is 13.2. The second-order valence-corrected chi connectivity index (χ2v) is 5.38. The van der Waals surface area contributed by atoms with E-state index in [1.54, 1.807) is 17.0 Å². The van der Waals surface area contributed by atoms with E-state index in [1.807, 2.05) is 0 Å². The van der Waals surface area contributed by atoms with Gasteiger partial charge >= 0.3 is 0 Å². The van der Waals surface area contributed by atoms with Crippen LogP contribution < -0.4 is 15.5 Å². The topological polar surface area (TPSA) is 74.3 Å². The smallest absolute Gasteiger partial charge is 0.255 e. The fourth-order valence-corrected chi connectivity index (χ4v) is 2.37. The van der Waals surface area contributed by atoms with Gasteiger partial charge in [0.05, 0.1) is 18.4 Å². The molecule has 0 bridgehead atoms. The quantitative estimate of drug-likeness (QED) is 0.826. The van der Waals surface area contributed by atoms with Crippen LogP contribution in [0.25, 0.3) is 0 Å². The van der Waals surface area contributed by atoms with Crippen molar-refractivity contribution >= 4 is 23.3 Å². The summed E-state index contributed by atoms with van der Waals surface area (Å²) in [7, 11) is 0. The molecule has 2 heterocycles. The molecule has 6 nitrogen and oxygen atoms in total. The van der Waals surface area contributed by atoms with Gasteiger partial charge in [-0.25, -0.2) is 18.2 Å². The predicted octanol–water partition coefficient (Wildman–Crippen LogP) is 1.69. The molecule has 130 valence electrons.